The third kappa shape index (κ3) is 5.03. The van der Waals surface area contributed by atoms with Gasteiger partial charge in [0.1, 0.15) is 0 Å². The van der Waals surface area contributed by atoms with Gasteiger partial charge in [-0.05, 0) is 87.5 Å². The summed E-state index contributed by atoms with van der Waals surface area (Å²) in [5.74, 6) is 0. The first-order valence-corrected chi connectivity index (χ1v) is 13.3. The van der Waals surface area contributed by atoms with Gasteiger partial charge in [-0.3, -0.25) is 4.98 Å². The highest BCUT2D eigenvalue weighted by atomic mass is 16.5. The minimum atomic E-state index is -0.693. The Bertz CT molecular complexity index is 1220. The summed E-state index contributed by atoms with van der Waals surface area (Å²) < 4.78 is 5.33. The van der Waals surface area contributed by atoms with Crippen molar-refractivity contribution in [3.63, 3.8) is 0 Å². The molecule has 0 aliphatic carbocycles. The van der Waals surface area contributed by atoms with Crippen LogP contribution in [0.1, 0.15) is 56.4 Å². The smallest absolute Gasteiger partial charge is 0.0914 e. The Labute approximate surface area is 215 Å². The predicted molar refractivity (Wildman–Crippen MR) is 148 cm³/mol. The molecule has 5 rings (SSSR count). The van der Waals surface area contributed by atoms with E-state index in [1.807, 2.05) is 25.3 Å². The topological polar surface area (TPSA) is 67.5 Å². The summed E-state index contributed by atoms with van der Waals surface area (Å²) in [6, 6.07) is 15.3. The summed E-state index contributed by atoms with van der Waals surface area (Å²) >= 11 is 0. The highest BCUT2D eigenvalue weighted by Gasteiger charge is 2.29. The molecule has 2 N–H and O–H groups in total. The zero-order chi connectivity index (χ0) is 25.1. The third-order valence-electron chi connectivity index (χ3n) is 7.97. The lowest BCUT2D eigenvalue weighted by molar-refractivity contribution is 0.185. The number of allylic oxidation sites excluding steroid dienone is 1. The van der Waals surface area contributed by atoms with E-state index in [-0.39, 0.29) is 0 Å². The summed E-state index contributed by atoms with van der Waals surface area (Å²) in [6.07, 6.45) is 9.25. The van der Waals surface area contributed by atoms with Crippen LogP contribution in [-0.2, 0) is 16.9 Å². The molecule has 1 aromatic carbocycles. The standard InChI is InChI=1S/C30H39N5O/c1-4-26(30(2,31)23-9-7-8-22(18-23)21-36-3)27-10-11-28-29(33-27)19-25(20-32-28)35-16-12-24(13-17-35)34-14-5-6-15-34/h4,7-11,18-20,24H,5-6,12-17,21,31H2,1-3H3/b26-4-. The maximum Gasteiger partial charge on any atom is 0.0914 e. The number of anilines is 1. The first-order valence-electron chi connectivity index (χ1n) is 13.3. The van der Waals surface area contributed by atoms with Crippen LogP contribution < -0.4 is 10.6 Å². The number of rotatable bonds is 7. The molecule has 0 radical (unpaired) electrons. The molecular formula is C30H39N5O. The van der Waals surface area contributed by atoms with E-state index in [1.54, 1.807) is 7.11 Å². The average molecular weight is 486 g/mol. The van der Waals surface area contributed by atoms with Crippen LogP contribution in [0.3, 0.4) is 0 Å². The predicted octanol–water partition coefficient (Wildman–Crippen LogP) is 5.12. The lowest BCUT2D eigenvalue weighted by Gasteiger charge is -2.37. The summed E-state index contributed by atoms with van der Waals surface area (Å²) in [5, 5.41) is 0. The van der Waals surface area contributed by atoms with Gasteiger partial charge in [0.2, 0.25) is 0 Å². The number of ether oxygens (including phenoxy) is 1. The molecule has 2 aliphatic heterocycles. The normalized spacial score (nSPS) is 19.7. The number of likely N-dealkylation sites (tertiary alicyclic amines) is 1. The number of pyridine rings is 2. The summed E-state index contributed by atoms with van der Waals surface area (Å²) in [6.45, 7) is 9.36. The maximum absolute atomic E-state index is 6.97. The minimum absolute atomic E-state index is 0.563. The monoisotopic (exact) mass is 485 g/mol. The second-order valence-corrected chi connectivity index (χ2v) is 10.4. The summed E-state index contributed by atoms with van der Waals surface area (Å²) in [7, 11) is 1.71. The van der Waals surface area contributed by atoms with E-state index in [0.717, 1.165) is 58.2 Å². The number of aromatic nitrogens is 2. The second-order valence-electron chi connectivity index (χ2n) is 10.4. The van der Waals surface area contributed by atoms with Gasteiger partial charge < -0.3 is 20.3 Å². The number of nitrogens with two attached hydrogens (primary N) is 1. The number of hydrogen-bond donors (Lipinski definition) is 1. The van der Waals surface area contributed by atoms with E-state index >= 15 is 0 Å². The van der Waals surface area contributed by atoms with Crippen LogP contribution in [0, 0.1) is 0 Å². The van der Waals surface area contributed by atoms with Gasteiger partial charge in [0.05, 0.1) is 40.8 Å². The zero-order valence-corrected chi connectivity index (χ0v) is 21.9. The molecule has 4 heterocycles. The molecule has 6 nitrogen and oxygen atoms in total. The minimum Gasteiger partial charge on any atom is -0.380 e. The van der Waals surface area contributed by atoms with E-state index in [0.29, 0.717) is 6.61 Å². The van der Waals surface area contributed by atoms with Crippen LogP contribution in [-0.4, -0.2) is 54.2 Å². The van der Waals surface area contributed by atoms with Crippen LogP contribution in [0.4, 0.5) is 5.69 Å². The molecule has 0 bridgehead atoms. The molecule has 1 atom stereocenters. The van der Waals surface area contributed by atoms with Gasteiger partial charge in [-0.25, -0.2) is 4.98 Å². The van der Waals surface area contributed by atoms with Crippen molar-refractivity contribution >= 4 is 22.3 Å². The van der Waals surface area contributed by atoms with E-state index in [1.165, 1.54) is 38.8 Å². The number of hydrogen-bond acceptors (Lipinski definition) is 6. The Hall–Kier alpha value is -2.80. The van der Waals surface area contributed by atoms with Gasteiger partial charge in [0.25, 0.3) is 0 Å². The van der Waals surface area contributed by atoms with Crippen LogP contribution >= 0.6 is 0 Å². The first kappa shape index (κ1) is 24.9. The highest BCUT2D eigenvalue weighted by molar-refractivity contribution is 5.82. The first-order chi connectivity index (χ1) is 17.5. The SMILES string of the molecule is C/C=C(/c1ccc2ncc(N3CCC(N4CCCC4)CC3)cc2n1)C(C)(N)c1cccc(COC)c1. The lowest BCUT2D eigenvalue weighted by Crippen LogP contribution is -2.43. The van der Waals surface area contributed by atoms with Crippen molar-refractivity contribution in [3.05, 3.63) is 71.6 Å². The molecular weight excluding hydrogens is 446 g/mol. The molecule has 36 heavy (non-hydrogen) atoms. The Kier molecular flexibility index (Phi) is 7.37. The van der Waals surface area contributed by atoms with E-state index in [4.69, 9.17) is 20.4 Å². The number of methoxy groups -OCH3 is 1. The fourth-order valence-electron chi connectivity index (χ4n) is 5.93. The molecule has 2 saturated heterocycles. The third-order valence-corrected chi connectivity index (χ3v) is 7.97. The fraction of sp³-hybridized carbons (Fsp3) is 0.467. The van der Waals surface area contributed by atoms with Crippen LogP contribution in [0.5, 0.6) is 0 Å². The Morgan fingerprint density at radius 2 is 1.86 bits per heavy atom. The molecule has 190 valence electrons. The molecule has 0 amide bonds. The molecule has 0 spiro atoms. The molecule has 2 aromatic heterocycles. The van der Waals surface area contributed by atoms with Gasteiger partial charge in [-0.1, -0.05) is 30.3 Å². The van der Waals surface area contributed by atoms with Crippen LogP contribution in [0.25, 0.3) is 16.6 Å². The van der Waals surface area contributed by atoms with Crippen LogP contribution in [0.2, 0.25) is 0 Å². The van der Waals surface area contributed by atoms with Crippen LogP contribution in [0.15, 0.2) is 54.7 Å². The van der Waals surface area contributed by atoms with Crippen molar-refractivity contribution in [2.24, 2.45) is 5.73 Å². The molecule has 6 heteroatoms. The van der Waals surface area contributed by atoms with Gasteiger partial charge >= 0.3 is 0 Å². The average Bonchev–Trinajstić information content (AvgIpc) is 3.44. The summed E-state index contributed by atoms with van der Waals surface area (Å²) in [4.78, 5) is 15.0. The van der Waals surface area contributed by atoms with E-state index < -0.39 is 5.54 Å². The van der Waals surface area contributed by atoms with Gasteiger partial charge in [0, 0.05) is 26.2 Å². The van der Waals surface area contributed by atoms with Gasteiger partial charge in [0.15, 0.2) is 0 Å². The van der Waals surface area contributed by atoms with Gasteiger partial charge in [-0.2, -0.15) is 0 Å². The Morgan fingerprint density at radius 3 is 2.58 bits per heavy atom. The van der Waals surface area contributed by atoms with Crippen molar-refractivity contribution < 1.29 is 4.74 Å². The zero-order valence-electron chi connectivity index (χ0n) is 21.9. The lowest BCUT2D eigenvalue weighted by atomic mass is 9.82. The molecule has 2 aliphatic rings. The number of piperidine rings is 1. The van der Waals surface area contributed by atoms with Gasteiger partial charge in [-0.15, -0.1) is 0 Å². The quantitative estimate of drug-likeness (QED) is 0.501. The molecule has 2 fully saturated rings. The van der Waals surface area contributed by atoms with E-state index in [9.17, 15) is 0 Å². The molecule has 3 aromatic rings. The largest absolute Gasteiger partial charge is 0.380 e. The fourth-order valence-corrected chi connectivity index (χ4v) is 5.93. The number of nitrogens with zero attached hydrogens (tertiary/aromatic N) is 4. The Morgan fingerprint density at radius 1 is 1.08 bits per heavy atom. The van der Waals surface area contributed by atoms with Crippen molar-refractivity contribution in [1.82, 2.24) is 14.9 Å². The van der Waals surface area contributed by atoms with Crippen molar-refractivity contribution in [1.29, 1.82) is 0 Å². The number of fused-ring (bicyclic) bond motifs is 1. The Balaban J connectivity index is 1.38. The van der Waals surface area contributed by atoms with Crippen molar-refractivity contribution in [2.45, 2.75) is 57.7 Å². The molecule has 0 saturated carbocycles. The van der Waals surface area contributed by atoms with Crippen molar-refractivity contribution in [3.8, 4) is 0 Å². The van der Waals surface area contributed by atoms with Crippen molar-refractivity contribution in [2.75, 3.05) is 38.2 Å². The summed E-state index contributed by atoms with van der Waals surface area (Å²) in [5.41, 5.74) is 13.3. The van der Waals surface area contributed by atoms with E-state index in [2.05, 4.69) is 53.1 Å². The second kappa shape index (κ2) is 10.7. The maximum atomic E-state index is 6.97. The highest BCUT2D eigenvalue weighted by Crippen LogP contribution is 2.34. The molecule has 1 unspecified atom stereocenters. The number of benzene rings is 1.